The van der Waals surface area contributed by atoms with Crippen molar-refractivity contribution in [2.24, 2.45) is 5.14 Å². The first-order valence-electron chi connectivity index (χ1n) is 4.29. The Morgan fingerprint density at radius 3 is 2.40 bits per heavy atom. The molecule has 0 saturated carbocycles. The number of rotatable bonds is 2. The lowest BCUT2D eigenvalue weighted by Gasteiger charge is -2.14. The van der Waals surface area contributed by atoms with Crippen LogP contribution in [0.4, 0.5) is 5.69 Å². The third-order valence-corrected chi connectivity index (χ3v) is 2.90. The third kappa shape index (κ3) is 2.17. The number of primary sulfonamides is 1. The molecule has 0 fully saturated rings. The van der Waals surface area contributed by atoms with Crippen molar-refractivity contribution in [3.8, 4) is 0 Å². The molecule has 15 heavy (non-hydrogen) atoms. The molecule has 5 nitrogen and oxygen atoms in total. The minimum Gasteiger partial charge on any atom is -0.265 e. The fourth-order valence-electron chi connectivity index (χ4n) is 1.25. The molecule has 0 amide bonds. The zero-order chi connectivity index (χ0) is 10.9. The molecule has 0 spiro atoms. The van der Waals surface area contributed by atoms with Gasteiger partial charge in [0.05, 0.1) is 17.2 Å². The average molecular weight is 226 g/mol. The van der Waals surface area contributed by atoms with Crippen LogP contribution in [0.5, 0.6) is 0 Å². The van der Waals surface area contributed by atoms with Gasteiger partial charge in [-0.15, -0.1) is 0 Å². The smallest absolute Gasteiger partial charge is 0.238 e. The number of hydrogen-bond acceptors (Lipinski definition) is 4. The summed E-state index contributed by atoms with van der Waals surface area (Å²) < 4.78 is 22.0. The normalized spacial score (nSPS) is 15.9. The van der Waals surface area contributed by atoms with E-state index in [2.05, 4.69) is 0 Å². The molecule has 1 aliphatic rings. The van der Waals surface area contributed by atoms with Crippen molar-refractivity contribution >= 4 is 15.7 Å². The first-order chi connectivity index (χ1) is 7.07. The van der Waals surface area contributed by atoms with Crippen LogP contribution in [0.15, 0.2) is 41.4 Å². The van der Waals surface area contributed by atoms with Gasteiger partial charge in [0.15, 0.2) is 0 Å². The van der Waals surface area contributed by atoms with Crippen LogP contribution < -0.4 is 10.2 Å². The summed E-state index contributed by atoms with van der Waals surface area (Å²) in [7, 11) is -3.62. The summed E-state index contributed by atoms with van der Waals surface area (Å²) in [6.07, 6.45) is 3.62. The summed E-state index contributed by atoms with van der Waals surface area (Å²) in [6, 6.07) is 6.16. The quantitative estimate of drug-likeness (QED) is 0.801. The Labute approximate surface area is 87.8 Å². The maximum atomic E-state index is 11.0. The van der Waals surface area contributed by atoms with Gasteiger partial charge in [-0.1, -0.05) is 0 Å². The predicted molar refractivity (Wildman–Crippen MR) is 55.4 cm³/mol. The van der Waals surface area contributed by atoms with Crippen molar-refractivity contribution < 1.29 is 13.3 Å². The zero-order valence-electron chi connectivity index (χ0n) is 7.83. The van der Waals surface area contributed by atoms with Crippen molar-refractivity contribution in [1.29, 1.82) is 0 Å². The minimum atomic E-state index is -3.62. The second kappa shape index (κ2) is 3.65. The lowest BCUT2D eigenvalue weighted by Crippen LogP contribution is -2.13. The van der Waals surface area contributed by atoms with E-state index in [9.17, 15) is 8.42 Å². The maximum absolute atomic E-state index is 11.0. The Bertz CT molecular complexity index is 479. The van der Waals surface area contributed by atoms with Gasteiger partial charge in [0.1, 0.15) is 0 Å². The number of benzene rings is 1. The Morgan fingerprint density at radius 1 is 1.27 bits per heavy atom. The van der Waals surface area contributed by atoms with Gasteiger partial charge >= 0.3 is 0 Å². The van der Waals surface area contributed by atoms with Gasteiger partial charge in [-0.05, 0) is 30.3 Å². The Balaban J connectivity index is 2.28. The van der Waals surface area contributed by atoms with E-state index in [-0.39, 0.29) is 4.90 Å². The molecular weight excluding hydrogens is 216 g/mol. The van der Waals surface area contributed by atoms with Gasteiger partial charge in [-0.2, -0.15) is 0 Å². The van der Waals surface area contributed by atoms with Gasteiger partial charge in [-0.3, -0.25) is 4.84 Å². The average Bonchev–Trinajstić information content (AvgIpc) is 2.69. The number of hydrogen-bond donors (Lipinski definition) is 1. The predicted octanol–water partition coefficient (Wildman–Crippen LogP) is 0.599. The van der Waals surface area contributed by atoms with Gasteiger partial charge < -0.3 is 0 Å². The van der Waals surface area contributed by atoms with Gasteiger partial charge in [0, 0.05) is 6.20 Å². The molecule has 0 saturated heterocycles. The van der Waals surface area contributed by atoms with Crippen LogP contribution in [0.25, 0.3) is 0 Å². The number of sulfonamides is 1. The van der Waals surface area contributed by atoms with E-state index in [4.69, 9.17) is 9.98 Å². The van der Waals surface area contributed by atoms with Crippen molar-refractivity contribution in [1.82, 2.24) is 0 Å². The molecular formula is C9H10N2O3S. The van der Waals surface area contributed by atoms with Crippen molar-refractivity contribution in [3.63, 3.8) is 0 Å². The van der Waals surface area contributed by atoms with Crippen LogP contribution in [-0.4, -0.2) is 15.0 Å². The zero-order valence-corrected chi connectivity index (χ0v) is 8.65. The van der Waals surface area contributed by atoms with Crippen molar-refractivity contribution in [2.75, 3.05) is 11.7 Å². The first kappa shape index (κ1) is 10.2. The topological polar surface area (TPSA) is 72.6 Å². The van der Waals surface area contributed by atoms with Crippen molar-refractivity contribution in [2.45, 2.75) is 4.90 Å². The molecule has 0 bridgehead atoms. The SMILES string of the molecule is NS(=O)(=O)c1ccc(N2C=CCO2)cc1. The molecule has 0 radical (unpaired) electrons. The first-order valence-corrected chi connectivity index (χ1v) is 5.84. The molecule has 1 heterocycles. The molecule has 2 rings (SSSR count). The van der Waals surface area contributed by atoms with Crippen LogP contribution >= 0.6 is 0 Å². The maximum Gasteiger partial charge on any atom is 0.238 e. The Hall–Kier alpha value is -1.37. The van der Waals surface area contributed by atoms with Crippen LogP contribution in [0.2, 0.25) is 0 Å². The number of nitrogens with two attached hydrogens (primary N) is 1. The van der Waals surface area contributed by atoms with Gasteiger partial charge in [-0.25, -0.2) is 18.6 Å². The standard InChI is InChI=1S/C9H10N2O3S/c10-15(12,13)9-4-2-8(3-5-9)11-6-1-7-14-11/h1-6H,7H2,(H2,10,12,13). The summed E-state index contributed by atoms with van der Waals surface area (Å²) >= 11 is 0. The highest BCUT2D eigenvalue weighted by Gasteiger charge is 2.10. The molecule has 2 N–H and O–H groups in total. The van der Waals surface area contributed by atoms with E-state index < -0.39 is 10.0 Å². The largest absolute Gasteiger partial charge is 0.265 e. The Morgan fingerprint density at radius 2 is 1.93 bits per heavy atom. The van der Waals surface area contributed by atoms with Crippen LogP contribution in [0.1, 0.15) is 0 Å². The fourth-order valence-corrected chi connectivity index (χ4v) is 1.76. The molecule has 1 aromatic rings. The highest BCUT2D eigenvalue weighted by molar-refractivity contribution is 7.89. The molecule has 80 valence electrons. The summed E-state index contributed by atoms with van der Waals surface area (Å²) in [4.78, 5) is 5.30. The number of nitrogens with zero attached hydrogens (tertiary/aromatic N) is 1. The number of anilines is 1. The van der Waals surface area contributed by atoms with Crippen LogP contribution in [0.3, 0.4) is 0 Å². The highest BCUT2D eigenvalue weighted by atomic mass is 32.2. The summed E-state index contributed by atoms with van der Waals surface area (Å²) in [5.74, 6) is 0. The highest BCUT2D eigenvalue weighted by Crippen LogP contribution is 2.19. The summed E-state index contributed by atoms with van der Waals surface area (Å²) in [5, 5.41) is 6.54. The lowest BCUT2D eigenvalue weighted by atomic mass is 10.3. The molecule has 0 aliphatic carbocycles. The molecule has 0 unspecified atom stereocenters. The molecule has 0 atom stereocenters. The van der Waals surface area contributed by atoms with E-state index in [1.54, 1.807) is 23.4 Å². The second-order valence-electron chi connectivity index (χ2n) is 3.05. The lowest BCUT2D eigenvalue weighted by molar-refractivity contribution is 0.180. The summed E-state index contributed by atoms with van der Waals surface area (Å²) in [6.45, 7) is 0.525. The second-order valence-corrected chi connectivity index (χ2v) is 4.61. The molecule has 1 aromatic carbocycles. The van der Waals surface area contributed by atoms with Crippen molar-refractivity contribution in [3.05, 3.63) is 36.5 Å². The third-order valence-electron chi connectivity index (χ3n) is 1.97. The molecule has 1 aliphatic heterocycles. The van der Waals surface area contributed by atoms with E-state index in [0.717, 1.165) is 5.69 Å². The number of hydroxylamine groups is 1. The van der Waals surface area contributed by atoms with Gasteiger partial charge in [0.25, 0.3) is 0 Å². The molecule has 0 aromatic heterocycles. The Kier molecular flexibility index (Phi) is 2.47. The van der Waals surface area contributed by atoms with Gasteiger partial charge in [0.2, 0.25) is 10.0 Å². The van der Waals surface area contributed by atoms with E-state index in [0.29, 0.717) is 6.61 Å². The van der Waals surface area contributed by atoms with E-state index >= 15 is 0 Å². The van der Waals surface area contributed by atoms with E-state index in [1.807, 2.05) is 6.08 Å². The van der Waals surface area contributed by atoms with E-state index in [1.165, 1.54) is 12.1 Å². The summed E-state index contributed by atoms with van der Waals surface area (Å²) in [5.41, 5.74) is 0.760. The fraction of sp³-hybridized carbons (Fsp3) is 0.111. The minimum absolute atomic E-state index is 0.0921. The van der Waals surface area contributed by atoms with Crippen LogP contribution in [-0.2, 0) is 14.9 Å². The molecule has 6 heteroatoms. The monoisotopic (exact) mass is 226 g/mol. The van der Waals surface area contributed by atoms with Crippen LogP contribution in [0, 0.1) is 0 Å².